The lowest BCUT2D eigenvalue weighted by Gasteiger charge is -2.27. The standard InChI is InChI=1S/C21H19N3O/c1-24(20(25)13-12-17-8-7-14-22-16-17)21(18-9-3-2-4-10-18)19-11-5-6-15-23-19/h2-16,21H,1H3/b13-12+/t21-/m1/s1. The second kappa shape index (κ2) is 8.02. The van der Waals surface area contributed by atoms with E-state index in [-0.39, 0.29) is 11.9 Å². The molecule has 0 aliphatic heterocycles. The molecule has 1 amide bonds. The van der Waals surface area contributed by atoms with Crippen LogP contribution in [0.2, 0.25) is 0 Å². The lowest BCUT2D eigenvalue weighted by Crippen LogP contribution is -2.31. The Balaban J connectivity index is 1.88. The largest absolute Gasteiger partial charge is 0.329 e. The minimum atomic E-state index is -0.242. The van der Waals surface area contributed by atoms with E-state index < -0.39 is 0 Å². The average molecular weight is 329 g/mol. The number of amides is 1. The number of likely N-dealkylation sites (N-methyl/N-ethyl adjacent to an activating group) is 1. The van der Waals surface area contributed by atoms with Gasteiger partial charge in [0.25, 0.3) is 0 Å². The first-order valence-electron chi connectivity index (χ1n) is 8.06. The van der Waals surface area contributed by atoms with Crippen LogP contribution in [0.5, 0.6) is 0 Å². The molecule has 3 rings (SSSR count). The zero-order valence-electron chi connectivity index (χ0n) is 14.0. The van der Waals surface area contributed by atoms with Gasteiger partial charge in [0.05, 0.1) is 11.7 Å². The molecular weight excluding hydrogens is 310 g/mol. The van der Waals surface area contributed by atoms with Gasteiger partial charge in [-0.25, -0.2) is 0 Å². The van der Waals surface area contributed by atoms with E-state index in [0.717, 1.165) is 16.8 Å². The molecule has 0 bridgehead atoms. The van der Waals surface area contributed by atoms with Crippen LogP contribution in [0.15, 0.2) is 85.3 Å². The number of aromatic nitrogens is 2. The first-order valence-corrected chi connectivity index (χ1v) is 8.06. The predicted octanol–water partition coefficient (Wildman–Crippen LogP) is 3.74. The number of nitrogens with zero attached hydrogens (tertiary/aromatic N) is 3. The Morgan fingerprint density at radius 2 is 1.80 bits per heavy atom. The zero-order chi connectivity index (χ0) is 17.5. The van der Waals surface area contributed by atoms with Gasteiger partial charge in [-0.05, 0) is 35.4 Å². The number of pyridine rings is 2. The number of hydrogen-bond donors (Lipinski definition) is 0. The van der Waals surface area contributed by atoms with E-state index in [4.69, 9.17) is 0 Å². The van der Waals surface area contributed by atoms with Crippen LogP contribution in [0.4, 0.5) is 0 Å². The Hall–Kier alpha value is -3.27. The summed E-state index contributed by atoms with van der Waals surface area (Å²) in [5.41, 5.74) is 2.74. The summed E-state index contributed by atoms with van der Waals surface area (Å²) in [7, 11) is 1.79. The first kappa shape index (κ1) is 16.6. The van der Waals surface area contributed by atoms with Gasteiger partial charge in [0, 0.05) is 31.7 Å². The van der Waals surface area contributed by atoms with E-state index in [1.165, 1.54) is 0 Å². The van der Waals surface area contributed by atoms with Crippen molar-refractivity contribution in [3.63, 3.8) is 0 Å². The van der Waals surface area contributed by atoms with Gasteiger partial charge in [-0.15, -0.1) is 0 Å². The van der Waals surface area contributed by atoms with Crippen molar-refractivity contribution < 1.29 is 4.79 Å². The average Bonchev–Trinajstić information content (AvgIpc) is 2.69. The number of rotatable bonds is 5. The van der Waals surface area contributed by atoms with Crippen molar-refractivity contribution in [3.8, 4) is 0 Å². The molecule has 2 heterocycles. The fraction of sp³-hybridized carbons (Fsp3) is 0.0952. The van der Waals surface area contributed by atoms with Gasteiger partial charge in [-0.1, -0.05) is 42.5 Å². The van der Waals surface area contributed by atoms with Gasteiger partial charge in [0.15, 0.2) is 0 Å². The molecule has 0 spiro atoms. The Morgan fingerprint density at radius 1 is 1.00 bits per heavy atom. The summed E-state index contributed by atoms with van der Waals surface area (Å²) >= 11 is 0. The second-order valence-corrected chi connectivity index (χ2v) is 5.64. The first-order chi connectivity index (χ1) is 12.3. The fourth-order valence-electron chi connectivity index (χ4n) is 2.65. The molecule has 124 valence electrons. The maximum absolute atomic E-state index is 12.7. The third-order valence-corrected chi connectivity index (χ3v) is 3.92. The van der Waals surface area contributed by atoms with Crippen molar-refractivity contribution >= 4 is 12.0 Å². The maximum Gasteiger partial charge on any atom is 0.247 e. The molecule has 1 atom stereocenters. The highest BCUT2D eigenvalue weighted by molar-refractivity contribution is 5.92. The highest BCUT2D eigenvalue weighted by Crippen LogP contribution is 2.26. The summed E-state index contributed by atoms with van der Waals surface area (Å²) in [6.07, 6.45) is 8.51. The summed E-state index contributed by atoms with van der Waals surface area (Å²) in [5, 5.41) is 0. The smallest absolute Gasteiger partial charge is 0.247 e. The van der Waals surface area contributed by atoms with E-state index in [9.17, 15) is 4.79 Å². The van der Waals surface area contributed by atoms with Crippen molar-refractivity contribution in [1.29, 1.82) is 0 Å². The molecule has 3 aromatic rings. The normalized spacial score (nSPS) is 12.0. The highest BCUT2D eigenvalue weighted by atomic mass is 16.2. The van der Waals surface area contributed by atoms with Gasteiger partial charge in [0.1, 0.15) is 0 Å². The van der Waals surface area contributed by atoms with Crippen molar-refractivity contribution in [2.45, 2.75) is 6.04 Å². The number of carbonyl (C=O) groups excluding carboxylic acids is 1. The third kappa shape index (κ3) is 4.18. The van der Waals surface area contributed by atoms with Crippen LogP contribution >= 0.6 is 0 Å². The lowest BCUT2D eigenvalue weighted by molar-refractivity contribution is -0.126. The van der Waals surface area contributed by atoms with Crippen molar-refractivity contribution in [1.82, 2.24) is 14.9 Å². The summed E-state index contributed by atoms with van der Waals surface area (Å²) in [5.74, 6) is -0.0941. The van der Waals surface area contributed by atoms with Gasteiger partial charge in [0.2, 0.25) is 5.91 Å². The van der Waals surface area contributed by atoms with Crippen LogP contribution < -0.4 is 0 Å². The zero-order valence-corrected chi connectivity index (χ0v) is 14.0. The Labute approximate surface area is 147 Å². The van der Waals surface area contributed by atoms with Crippen LogP contribution in [-0.4, -0.2) is 27.8 Å². The molecule has 0 N–H and O–H groups in total. The Kier molecular flexibility index (Phi) is 5.32. The molecule has 1 aromatic carbocycles. The predicted molar refractivity (Wildman–Crippen MR) is 98.6 cm³/mol. The van der Waals surface area contributed by atoms with Crippen LogP contribution in [0.3, 0.4) is 0 Å². The molecule has 0 aliphatic carbocycles. The molecule has 0 unspecified atom stereocenters. The molecule has 0 saturated carbocycles. The summed E-state index contributed by atoms with van der Waals surface area (Å²) in [4.78, 5) is 22.9. The molecular formula is C21H19N3O. The van der Waals surface area contributed by atoms with Crippen LogP contribution in [0.1, 0.15) is 22.9 Å². The lowest BCUT2D eigenvalue weighted by atomic mass is 10.0. The monoisotopic (exact) mass is 329 g/mol. The van der Waals surface area contributed by atoms with Crippen molar-refractivity contribution in [2.75, 3.05) is 7.05 Å². The molecule has 25 heavy (non-hydrogen) atoms. The maximum atomic E-state index is 12.7. The van der Waals surface area contributed by atoms with Gasteiger partial charge < -0.3 is 4.90 Å². The third-order valence-electron chi connectivity index (χ3n) is 3.92. The SMILES string of the molecule is CN(C(=O)/C=C/c1cccnc1)[C@H](c1ccccc1)c1ccccn1. The van der Waals surface area contributed by atoms with Gasteiger partial charge in [-0.2, -0.15) is 0 Å². The molecule has 0 aliphatic rings. The number of benzene rings is 1. The van der Waals surface area contributed by atoms with E-state index in [2.05, 4.69) is 9.97 Å². The summed E-state index contributed by atoms with van der Waals surface area (Å²) in [6, 6.07) is 19.2. The molecule has 4 nitrogen and oxygen atoms in total. The quantitative estimate of drug-likeness (QED) is 0.670. The minimum absolute atomic E-state index is 0.0941. The van der Waals surface area contributed by atoms with Crippen molar-refractivity contribution in [3.05, 3.63) is 102 Å². The molecule has 4 heteroatoms. The van der Waals surface area contributed by atoms with Crippen LogP contribution in [0.25, 0.3) is 6.08 Å². The van der Waals surface area contributed by atoms with E-state index in [0.29, 0.717) is 0 Å². The fourth-order valence-corrected chi connectivity index (χ4v) is 2.65. The molecule has 0 radical (unpaired) electrons. The van der Waals surface area contributed by atoms with E-state index >= 15 is 0 Å². The van der Waals surface area contributed by atoms with Crippen LogP contribution in [0, 0.1) is 0 Å². The number of hydrogen-bond acceptors (Lipinski definition) is 3. The van der Waals surface area contributed by atoms with Gasteiger partial charge >= 0.3 is 0 Å². The highest BCUT2D eigenvalue weighted by Gasteiger charge is 2.23. The van der Waals surface area contributed by atoms with Crippen molar-refractivity contribution in [2.24, 2.45) is 0 Å². The van der Waals surface area contributed by atoms with Gasteiger partial charge in [-0.3, -0.25) is 14.8 Å². The number of carbonyl (C=O) groups is 1. The summed E-state index contributed by atoms with van der Waals surface area (Å²) in [6.45, 7) is 0. The Bertz CT molecular complexity index is 793. The Morgan fingerprint density at radius 3 is 2.48 bits per heavy atom. The second-order valence-electron chi connectivity index (χ2n) is 5.64. The molecule has 0 saturated heterocycles. The minimum Gasteiger partial charge on any atom is -0.329 e. The topological polar surface area (TPSA) is 46.1 Å². The molecule has 2 aromatic heterocycles. The molecule has 0 fully saturated rings. The van der Waals surface area contributed by atoms with Crippen LogP contribution in [-0.2, 0) is 4.79 Å². The van der Waals surface area contributed by atoms with E-state index in [1.54, 1.807) is 42.7 Å². The van der Waals surface area contributed by atoms with E-state index in [1.807, 2.05) is 60.7 Å². The summed E-state index contributed by atoms with van der Waals surface area (Å²) < 4.78 is 0.